The van der Waals surface area contributed by atoms with Gasteiger partial charge < -0.3 is 10.5 Å². The van der Waals surface area contributed by atoms with Gasteiger partial charge in [-0.1, -0.05) is 0 Å². The second-order valence-electron chi connectivity index (χ2n) is 4.01. The molecule has 20 heavy (non-hydrogen) atoms. The molecule has 0 aliphatic heterocycles. The van der Waals surface area contributed by atoms with Crippen LogP contribution in [0.3, 0.4) is 0 Å². The van der Waals surface area contributed by atoms with E-state index >= 15 is 0 Å². The molecule has 104 valence electrons. The molecule has 0 saturated heterocycles. The fourth-order valence-corrected chi connectivity index (χ4v) is 1.61. The molecule has 0 saturated carbocycles. The minimum Gasteiger partial charge on any atom is -0.486 e. The van der Waals surface area contributed by atoms with Crippen molar-refractivity contribution < 1.29 is 18.4 Å². The zero-order chi connectivity index (χ0) is 14.7. The van der Waals surface area contributed by atoms with E-state index in [0.717, 1.165) is 6.07 Å². The fraction of sp³-hybridized carbons (Fsp3) is 0.0769. The molecule has 0 amide bonds. The molecule has 5 nitrogen and oxygen atoms in total. The fourth-order valence-electron chi connectivity index (χ4n) is 1.61. The number of nitro groups is 1. The van der Waals surface area contributed by atoms with Gasteiger partial charge in [-0.2, -0.15) is 0 Å². The molecule has 7 heteroatoms. The highest BCUT2D eigenvalue weighted by Crippen LogP contribution is 2.24. The van der Waals surface area contributed by atoms with Crippen LogP contribution in [0.5, 0.6) is 5.75 Å². The molecule has 0 atom stereocenters. The Labute approximate surface area is 112 Å². The quantitative estimate of drug-likeness (QED) is 0.530. The minimum atomic E-state index is -0.820. The van der Waals surface area contributed by atoms with Crippen molar-refractivity contribution in [1.82, 2.24) is 0 Å². The molecule has 0 aromatic heterocycles. The number of hydrogen-bond acceptors (Lipinski definition) is 4. The number of hydrogen-bond donors (Lipinski definition) is 1. The Morgan fingerprint density at radius 3 is 2.55 bits per heavy atom. The number of nitrogens with zero attached hydrogens (tertiary/aromatic N) is 1. The first-order valence-corrected chi connectivity index (χ1v) is 5.58. The van der Waals surface area contributed by atoms with Crippen LogP contribution >= 0.6 is 0 Å². The lowest BCUT2D eigenvalue weighted by molar-refractivity contribution is -0.383. The van der Waals surface area contributed by atoms with Gasteiger partial charge in [-0.15, -0.1) is 0 Å². The van der Waals surface area contributed by atoms with E-state index in [1.165, 1.54) is 24.3 Å². The molecule has 0 fully saturated rings. The largest absolute Gasteiger partial charge is 0.486 e. The monoisotopic (exact) mass is 280 g/mol. The topological polar surface area (TPSA) is 78.4 Å². The number of halogens is 2. The third-order valence-corrected chi connectivity index (χ3v) is 2.58. The maximum absolute atomic E-state index is 13.3. The van der Waals surface area contributed by atoms with Crippen LogP contribution in [0.1, 0.15) is 5.56 Å². The van der Waals surface area contributed by atoms with Crippen LogP contribution < -0.4 is 10.5 Å². The van der Waals surface area contributed by atoms with Crippen molar-refractivity contribution in [3.8, 4) is 5.75 Å². The molecule has 0 aliphatic rings. The van der Waals surface area contributed by atoms with E-state index in [9.17, 15) is 18.9 Å². The number of nitrogen functional groups attached to an aromatic ring is 1. The van der Waals surface area contributed by atoms with Gasteiger partial charge in [-0.3, -0.25) is 10.1 Å². The maximum Gasteiger partial charge on any atom is 0.292 e. The molecule has 0 radical (unpaired) electrons. The highest BCUT2D eigenvalue weighted by Gasteiger charge is 2.12. The predicted molar refractivity (Wildman–Crippen MR) is 68.2 cm³/mol. The van der Waals surface area contributed by atoms with Gasteiger partial charge in [-0.05, 0) is 29.8 Å². The van der Waals surface area contributed by atoms with Crippen LogP contribution in [0.25, 0.3) is 0 Å². The van der Waals surface area contributed by atoms with E-state index in [2.05, 4.69) is 0 Å². The summed E-state index contributed by atoms with van der Waals surface area (Å²) in [5.41, 5.74) is 5.85. The Morgan fingerprint density at radius 1 is 1.20 bits per heavy atom. The number of benzene rings is 2. The van der Waals surface area contributed by atoms with Crippen LogP contribution in [-0.2, 0) is 6.61 Å². The molecular formula is C13H10F2N2O3. The van der Waals surface area contributed by atoms with Crippen LogP contribution in [0.2, 0.25) is 0 Å². The molecule has 0 heterocycles. The van der Waals surface area contributed by atoms with Gasteiger partial charge in [0.15, 0.2) is 11.6 Å². The second-order valence-corrected chi connectivity index (χ2v) is 4.01. The average molecular weight is 280 g/mol. The Morgan fingerprint density at radius 2 is 1.95 bits per heavy atom. The third-order valence-electron chi connectivity index (χ3n) is 2.58. The van der Waals surface area contributed by atoms with Crippen molar-refractivity contribution in [3.63, 3.8) is 0 Å². The molecule has 0 spiro atoms. The predicted octanol–water partition coefficient (Wildman–Crippen LogP) is 3.03. The standard InChI is InChI=1S/C13H10F2N2O3/c14-9-2-4-13(10(15)6-9)20-7-8-1-3-12(17(18)19)11(16)5-8/h1-6H,7,16H2. The lowest BCUT2D eigenvalue weighted by Gasteiger charge is -2.08. The summed E-state index contributed by atoms with van der Waals surface area (Å²) in [6.45, 7) is -0.0370. The summed E-state index contributed by atoms with van der Waals surface area (Å²) in [5.74, 6) is -1.63. The number of ether oxygens (including phenoxy) is 1. The first-order valence-electron chi connectivity index (χ1n) is 5.58. The Balaban J connectivity index is 2.11. The molecule has 0 unspecified atom stereocenters. The summed E-state index contributed by atoms with van der Waals surface area (Å²) in [5, 5.41) is 10.6. The summed E-state index contributed by atoms with van der Waals surface area (Å²) >= 11 is 0. The van der Waals surface area contributed by atoms with Crippen LogP contribution in [0.15, 0.2) is 36.4 Å². The van der Waals surface area contributed by atoms with E-state index in [0.29, 0.717) is 11.6 Å². The van der Waals surface area contributed by atoms with E-state index in [-0.39, 0.29) is 23.7 Å². The van der Waals surface area contributed by atoms with Gasteiger partial charge in [0, 0.05) is 12.1 Å². The molecule has 2 rings (SSSR count). The van der Waals surface area contributed by atoms with Gasteiger partial charge in [0.2, 0.25) is 0 Å². The first kappa shape index (κ1) is 13.7. The zero-order valence-electron chi connectivity index (χ0n) is 10.2. The van der Waals surface area contributed by atoms with Crippen molar-refractivity contribution in [2.45, 2.75) is 6.61 Å². The summed E-state index contributed by atoms with van der Waals surface area (Å²) in [6, 6.07) is 7.02. The van der Waals surface area contributed by atoms with Gasteiger partial charge >= 0.3 is 0 Å². The van der Waals surface area contributed by atoms with Gasteiger partial charge in [0.25, 0.3) is 5.69 Å². The Bertz CT molecular complexity index is 662. The molecule has 2 N–H and O–H groups in total. The maximum atomic E-state index is 13.3. The average Bonchev–Trinajstić information content (AvgIpc) is 2.37. The van der Waals surface area contributed by atoms with Crippen LogP contribution in [0, 0.1) is 21.7 Å². The Kier molecular flexibility index (Phi) is 3.79. The van der Waals surface area contributed by atoms with E-state index in [1.807, 2.05) is 0 Å². The van der Waals surface area contributed by atoms with Crippen molar-refractivity contribution in [2.75, 3.05) is 5.73 Å². The van der Waals surface area contributed by atoms with Crippen molar-refractivity contribution in [1.29, 1.82) is 0 Å². The normalized spacial score (nSPS) is 10.3. The second kappa shape index (κ2) is 5.52. The minimum absolute atomic E-state index is 0.00400. The van der Waals surface area contributed by atoms with Gasteiger partial charge in [0.05, 0.1) is 4.92 Å². The van der Waals surface area contributed by atoms with Crippen molar-refractivity contribution in [3.05, 3.63) is 63.7 Å². The number of nitro benzene ring substituents is 1. The highest BCUT2D eigenvalue weighted by molar-refractivity contribution is 5.59. The SMILES string of the molecule is Nc1cc(COc2ccc(F)cc2F)ccc1[N+](=O)[O-]. The van der Waals surface area contributed by atoms with E-state index in [1.54, 1.807) is 0 Å². The van der Waals surface area contributed by atoms with E-state index in [4.69, 9.17) is 10.5 Å². The smallest absolute Gasteiger partial charge is 0.292 e. The van der Waals surface area contributed by atoms with Gasteiger partial charge in [-0.25, -0.2) is 8.78 Å². The number of nitrogens with two attached hydrogens (primary N) is 1. The molecule has 0 bridgehead atoms. The molecule has 0 aliphatic carbocycles. The zero-order valence-corrected chi connectivity index (χ0v) is 10.2. The summed E-state index contributed by atoms with van der Waals surface area (Å²) in [7, 11) is 0. The van der Waals surface area contributed by atoms with Crippen molar-refractivity contribution >= 4 is 11.4 Å². The summed E-state index contributed by atoms with van der Waals surface area (Å²) in [6.07, 6.45) is 0. The third kappa shape index (κ3) is 3.00. The van der Waals surface area contributed by atoms with E-state index < -0.39 is 16.6 Å². The van der Waals surface area contributed by atoms with Gasteiger partial charge in [0.1, 0.15) is 18.1 Å². The summed E-state index contributed by atoms with van der Waals surface area (Å²) < 4.78 is 31.2. The number of rotatable bonds is 4. The first-order chi connectivity index (χ1) is 9.47. The highest BCUT2D eigenvalue weighted by atomic mass is 19.1. The molecular weight excluding hydrogens is 270 g/mol. The number of anilines is 1. The lowest BCUT2D eigenvalue weighted by Crippen LogP contribution is -2.01. The molecule has 2 aromatic rings. The lowest BCUT2D eigenvalue weighted by atomic mass is 10.2. The Hall–Kier alpha value is -2.70. The molecule has 2 aromatic carbocycles. The van der Waals surface area contributed by atoms with Crippen LogP contribution in [-0.4, -0.2) is 4.92 Å². The van der Waals surface area contributed by atoms with Crippen LogP contribution in [0.4, 0.5) is 20.2 Å². The van der Waals surface area contributed by atoms with Crippen molar-refractivity contribution in [2.24, 2.45) is 0 Å². The summed E-state index contributed by atoms with van der Waals surface area (Å²) in [4.78, 5) is 10.0.